The molecule has 0 saturated carbocycles. The van der Waals surface area contributed by atoms with E-state index in [0.29, 0.717) is 0 Å². The van der Waals surface area contributed by atoms with Crippen LogP contribution in [0.1, 0.15) is 40.7 Å². The second-order valence-electron chi connectivity index (χ2n) is 7.09. The van der Waals surface area contributed by atoms with Gasteiger partial charge in [0.2, 0.25) is 0 Å². The van der Waals surface area contributed by atoms with Crippen LogP contribution in [0.15, 0.2) is 30.3 Å². The van der Waals surface area contributed by atoms with Gasteiger partial charge < -0.3 is 4.90 Å². The zero-order valence-electron chi connectivity index (χ0n) is 15.0. The van der Waals surface area contributed by atoms with Crippen molar-refractivity contribution in [2.75, 3.05) is 13.1 Å². The number of likely N-dealkylation sites (tertiary alicyclic amines) is 1. The van der Waals surface area contributed by atoms with E-state index in [1.807, 2.05) is 34.7 Å². The van der Waals surface area contributed by atoms with Crippen LogP contribution in [-0.4, -0.2) is 33.7 Å². The Bertz CT molecular complexity index is 932. The molecule has 2 aromatic heterocycles. The fraction of sp³-hybridized carbons (Fsp3) is 0.400. The van der Waals surface area contributed by atoms with Gasteiger partial charge >= 0.3 is 0 Å². The van der Waals surface area contributed by atoms with Gasteiger partial charge in [0.25, 0.3) is 5.91 Å². The van der Waals surface area contributed by atoms with Crippen molar-refractivity contribution in [3.05, 3.63) is 46.5 Å². The molecule has 1 saturated heterocycles. The number of nitrogens with zero attached hydrogens (tertiary/aromatic N) is 3. The molecule has 0 N–H and O–H groups in total. The van der Waals surface area contributed by atoms with Gasteiger partial charge in [-0.3, -0.25) is 4.79 Å². The summed E-state index contributed by atoms with van der Waals surface area (Å²) in [5.41, 5.74) is 3.23. The van der Waals surface area contributed by atoms with Gasteiger partial charge in [-0.05, 0) is 50.3 Å². The van der Waals surface area contributed by atoms with Crippen LogP contribution in [0.25, 0.3) is 15.9 Å². The molecule has 0 aliphatic carbocycles. The van der Waals surface area contributed by atoms with Gasteiger partial charge in [0, 0.05) is 18.5 Å². The lowest BCUT2D eigenvalue weighted by Crippen LogP contribution is -2.37. The zero-order valence-corrected chi connectivity index (χ0v) is 15.8. The predicted molar refractivity (Wildman–Crippen MR) is 103 cm³/mol. The van der Waals surface area contributed by atoms with Crippen molar-refractivity contribution in [3.8, 4) is 5.69 Å². The lowest BCUT2D eigenvalue weighted by atomic mass is 9.99. The molecule has 4 rings (SSSR count). The van der Waals surface area contributed by atoms with E-state index in [4.69, 9.17) is 5.10 Å². The van der Waals surface area contributed by atoms with Crippen molar-refractivity contribution in [1.82, 2.24) is 14.7 Å². The zero-order chi connectivity index (χ0) is 17.6. The van der Waals surface area contributed by atoms with Crippen LogP contribution >= 0.6 is 11.3 Å². The third-order valence-corrected chi connectivity index (χ3v) is 6.27. The number of para-hydroxylation sites is 1. The van der Waals surface area contributed by atoms with Gasteiger partial charge in [-0.1, -0.05) is 25.1 Å². The third-order valence-electron chi connectivity index (χ3n) is 5.17. The molecule has 0 bridgehead atoms. The van der Waals surface area contributed by atoms with Crippen LogP contribution in [0.4, 0.5) is 0 Å². The van der Waals surface area contributed by atoms with E-state index < -0.39 is 0 Å². The molecule has 1 aliphatic rings. The highest BCUT2D eigenvalue weighted by Crippen LogP contribution is 2.32. The number of hydrogen-bond acceptors (Lipinski definition) is 3. The predicted octanol–water partition coefficient (Wildman–Crippen LogP) is 4.58. The minimum atomic E-state index is 0.170. The van der Waals surface area contributed by atoms with Crippen LogP contribution in [0.2, 0.25) is 0 Å². The van der Waals surface area contributed by atoms with Crippen molar-refractivity contribution in [3.63, 3.8) is 0 Å². The van der Waals surface area contributed by atoms with Gasteiger partial charge in [0.1, 0.15) is 4.83 Å². The number of aromatic nitrogens is 2. The maximum atomic E-state index is 12.9. The quantitative estimate of drug-likeness (QED) is 0.676. The molecular formula is C20H23N3OS. The van der Waals surface area contributed by atoms with Crippen LogP contribution in [0.3, 0.4) is 0 Å². The van der Waals surface area contributed by atoms with E-state index in [0.717, 1.165) is 58.3 Å². The first-order valence-corrected chi connectivity index (χ1v) is 9.70. The molecule has 0 atom stereocenters. The number of aryl methyl sites for hydroxylation is 2. The van der Waals surface area contributed by atoms with Gasteiger partial charge in [-0.25, -0.2) is 4.68 Å². The highest BCUT2D eigenvalue weighted by atomic mass is 32.1. The van der Waals surface area contributed by atoms with E-state index >= 15 is 0 Å². The van der Waals surface area contributed by atoms with Crippen LogP contribution in [-0.2, 0) is 0 Å². The Morgan fingerprint density at radius 2 is 1.92 bits per heavy atom. The molecule has 130 valence electrons. The summed E-state index contributed by atoms with van der Waals surface area (Å²) in [5, 5.41) is 5.79. The van der Waals surface area contributed by atoms with Gasteiger partial charge in [-0.15, -0.1) is 11.3 Å². The van der Waals surface area contributed by atoms with Crippen molar-refractivity contribution in [2.45, 2.75) is 33.6 Å². The normalized spacial score (nSPS) is 15.9. The Hall–Kier alpha value is -2.14. The monoisotopic (exact) mass is 353 g/mol. The molecule has 0 spiro atoms. The maximum Gasteiger partial charge on any atom is 0.264 e. The fourth-order valence-corrected chi connectivity index (χ4v) is 4.63. The Morgan fingerprint density at radius 1 is 1.20 bits per heavy atom. The van der Waals surface area contributed by atoms with Crippen molar-refractivity contribution < 1.29 is 4.79 Å². The summed E-state index contributed by atoms with van der Waals surface area (Å²) in [5.74, 6) is 0.896. The minimum absolute atomic E-state index is 0.170. The Kier molecular flexibility index (Phi) is 4.12. The molecule has 25 heavy (non-hydrogen) atoms. The average Bonchev–Trinajstić information content (AvgIpc) is 3.16. The molecule has 0 radical (unpaired) electrons. The molecule has 0 unspecified atom stereocenters. The van der Waals surface area contributed by atoms with E-state index in [-0.39, 0.29) is 5.91 Å². The molecule has 1 fully saturated rings. The number of rotatable bonds is 2. The molecule has 1 amide bonds. The highest BCUT2D eigenvalue weighted by Gasteiger charge is 2.24. The van der Waals surface area contributed by atoms with Crippen LogP contribution in [0, 0.1) is 19.8 Å². The second kappa shape index (κ2) is 6.30. The van der Waals surface area contributed by atoms with Gasteiger partial charge in [-0.2, -0.15) is 5.10 Å². The van der Waals surface area contributed by atoms with Gasteiger partial charge in [0.05, 0.1) is 16.3 Å². The maximum absolute atomic E-state index is 12.9. The van der Waals surface area contributed by atoms with Crippen LogP contribution < -0.4 is 0 Å². The van der Waals surface area contributed by atoms with E-state index in [2.05, 4.69) is 26.0 Å². The smallest absolute Gasteiger partial charge is 0.264 e. The molecule has 3 aromatic rings. The third kappa shape index (κ3) is 2.86. The SMILES string of the molecule is Cc1ccccc1-n1nc(C)c2cc(C(=O)N3CCC(C)CC3)sc21. The first kappa shape index (κ1) is 16.3. The first-order valence-electron chi connectivity index (χ1n) is 8.89. The summed E-state index contributed by atoms with van der Waals surface area (Å²) in [7, 11) is 0. The summed E-state index contributed by atoms with van der Waals surface area (Å²) >= 11 is 1.56. The van der Waals surface area contributed by atoms with E-state index in [1.165, 1.54) is 5.56 Å². The van der Waals surface area contributed by atoms with E-state index in [1.54, 1.807) is 11.3 Å². The van der Waals surface area contributed by atoms with Crippen LogP contribution in [0.5, 0.6) is 0 Å². The van der Waals surface area contributed by atoms with Crippen molar-refractivity contribution >= 4 is 27.5 Å². The molecule has 1 aliphatic heterocycles. The summed E-state index contributed by atoms with van der Waals surface area (Å²) in [6, 6.07) is 10.3. The number of benzene rings is 1. The lowest BCUT2D eigenvalue weighted by molar-refractivity contribution is 0.0702. The molecular weight excluding hydrogens is 330 g/mol. The Morgan fingerprint density at radius 3 is 2.64 bits per heavy atom. The molecule has 5 heteroatoms. The summed E-state index contributed by atoms with van der Waals surface area (Å²) in [6.07, 6.45) is 2.21. The number of amides is 1. The number of piperidine rings is 1. The lowest BCUT2D eigenvalue weighted by Gasteiger charge is -2.29. The number of thiophene rings is 1. The first-order chi connectivity index (χ1) is 12.0. The van der Waals surface area contributed by atoms with Gasteiger partial charge in [0.15, 0.2) is 0 Å². The summed E-state index contributed by atoms with van der Waals surface area (Å²) in [6.45, 7) is 8.11. The minimum Gasteiger partial charge on any atom is -0.338 e. The Labute approximate surface area is 152 Å². The number of fused-ring (bicyclic) bond motifs is 1. The molecule has 4 nitrogen and oxygen atoms in total. The molecule has 3 heterocycles. The van der Waals surface area contributed by atoms with E-state index in [9.17, 15) is 4.79 Å². The standard InChI is InChI=1S/C20H23N3OS/c1-13-8-10-22(11-9-13)19(24)18-12-16-15(3)21-23(20(16)25-18)17-7-5-4-6-14(17)2/h4-7,12-13H,8-11H2,1-3H3. The highest BCUT2D eigenvalue weighted by molar-refractivity contribution is 7.20. The summed E-state index contributed by atoms with van der Waals surface area (Å²) < 4.78 is 1.99. The number of carbonyl (C=O) groups excluding carboxylic acids is 1. The fourth-order valence-electron chi connectivity index (χ4n) is 3.48. The number of carbonyl (C=O) groups is 1. The topological polar surface area (TPSA) is 38.1 Å². The average molecular weight is 353 g/mol. The summed E-state index contributed by atoms with van der Waals surface area (Å²) in [4.78, 5) is 16.8. The second-order valence-corrected chi connectivity index (χ2v) is 8.12. The van der Waals surface area contributed by atoms with Crippen molar-refractivity contribution in [2.24, 2.45) is 5.92 Å². The largest absolute Gasteiger partial charge is 0.338 e. The van der Waals surface area contributed by atoms with Crippen molar-refractivity contribution in [1.29, 1.82) is 0 Å². The Balaban J connectivity index is 1.73. The molecule has 1 aromatic carbocycles. The number of hydrogen-bond donors (Lipinski definition) is 0.